The van der Waals surface area contributed by atoms with Gasteiger partial charge < -0.3 is 4.74 Å². The number of nitrogens with zero attached hydrogens (tertiary/aromatic N) is 3. The first kappa shape index (κ1) is 21.2. The van der Waals surface area contributed by atoms with Crippen LogP contribution in [0.2, 0.25) is 5.02 Å². The van der Waals surface area contributed by atoms with Crippen LogP contribution in [0.15, 0.2) is 42.6 Å². The van der Waals surface area contributed by atoms with E-state index in [1.54, 1.807) is 44.3 Å². The monoisotopic (exact) mass is 427 g/mol. The normalized spacial score (nSPS) is 10.7. The standard InChI is InChI=1S/C21H18ClN3O5/c1-12-9-15(19(25(28)29)13(2)18(12)22)20(27)16-10-23-24(3)21(16)30-11-17(26)14-7-5-4-6-8-14/h4-10H,11H2,1-3H3. The van der Waals surface area contributed by atoms with Gasteiger partial charge in [0.2, 0.25) is 11.7 Å². The molecule has 1 aromatic heterocycles. The third-order valence-corrected chi connectivity index (χ3v) is 5.22. The maximum atomic E-state index is 13.2. The van der Waals surface area contributed by atoms with Crippen LogP contribution >= 0.6 is 11.6 Å². The van der Waals surface area contributed by atoms with Crippen molar-refractivity contribution in [3.05, 3.63) is 85.5 Å². The van der Waals surface area contributed by atoms with Crippen LogP contribution in [0, 0.1) is 24.0 Å². The Balaban J connectivity index is 1.96. The number of nitro benzene ring substituents is 1. The lowest BCUT2D eigenvalue weighted by Crippen LogP contribution is -2.15. The first-order valence-corrected chi connectivity index (χ1v) is 9.32. The molecule has 3 aromatic rings. The highest BCUT2D eigenvalue weighted by Gasteiger charge is 2.30. The minimum absolute atomic E-state index is 0.0163. The lowest BCUT2D eigenvalue weighted by molar-refractivity contribution is -0.385. The highest BCUT2D eigenvalue weighted by atomic mass is 35.5. The number of nitro groups is 1. The zero-order chi connectivity index (χ0) is 22.0. The SMILES string of the molecule is Cc1cc(C(=O)c2cnn(C)c2OCC(=O)c2ccccc2)c([N+](=O)[O-])c(C)c1Cl. The van der Waals surface area contributed by atoms with E-state index >= 15 is 0 Å². The average Bonchev–Trinajstić information content (AvgIpc) is 3.10. The van der Waals surface area contributed by atoms with Crippen molar-refractivity contribution in [2.75, 3.05) is 6.61 Å². The van der Waals surface area contributed by atoms with Crippen LogP contribution < -0.4 is 4.74 Å². The molecule has 0 aliphatic rings. The summed E-state index contributed by atoms with van der Waals surface area (Å²) in [6.07, 6.45) is 1.26. The Kier molecular flexibility index (Phi) is 5.98. The molecule has 0 aliphatic heterocycles. The van der Waals surface area contributed by atoms with Gasteiger partial charge in [0, 0.05) is 18.2 Å². The van der Waals surface area contributed by atoms with Gasteiger partial charge in [0.25, 0.3) is 5.69 Å². The number of hydrogen-bond donors (Lipinski definition) is 0. The second-order valence-electron chi connectivity index (χ2n) is 6.68. The molecule has 0 amide bonds. The lowest BCUT2D eigenvalue weighted by atomic mass is 9.98. The van der Waals surface area contributed by atoms with Crippen LogP contribution in [0.3, 0.4) is 0 Å². The second kappa shape index (κ2) is 8.46. The van der Waals surface area contributed by atoms with E-state index in [1.807, 2.05) is 0 Å². The number of rotatable bonds is 7. The fraction of sp³-hybridized carbons (Fsp3) is 0.190. The van der Waals surface area contributed by atoms with Crippen LogP contribution in [0.5, 0.6) is 5.88 Å². The van der Waals surface area contributed by atoms with Crippen molar-refractivity contribution in [2.24, 2.45) is 7.05 Å². The van der Waals surface area contributed by atoms with Gasteiger partial charge in [-0.1, -0.05) is 41.9 Å². The van der Waals surface area contributed by atoms with Crippen LogP contribution in [0.4, 0.5) is 5.69 Å². The number of hydrogen-bond acceptors (Lipinski definition) is 6. The van der Waals surface area contributed by atoms with Crippen molar-refractivity contribution in [2.45, 2.75) is 13.8 Å². The maximum Gasteiger partial charge on any atom is 0.284 e. The molecular weight excluding hydrogens is 410 g/mol. The Bertz CT molecular complexity index is 1160. The van der Waals surface area contributed by atoms with E-state index in [9.17, 15) is 19.7 Å². The number of halogens is 1. The van der Waals surface area contributed by atoms with Crippen molar-refractivity contribution < 1.29 is 19.2 Å². The summed E-state index contributed by atoms with van der Waals surface area (Å²) in [6, 6.07) is 9.95. The Morgan fingerprint density at radius 3 is 2.50 bits per heavy atom. The van der Waals surface area contributed by atoms with E-state index in [0.29, 0.717) is 11.1 Å². The molecule has 0 unspecified atom stereocenters. The predicted molar refractivity (Wildman–Crippen MR) is 110 cm³/mol. The number of ketones is 2. The zero-order valence-corrected chi connectivity index (χ0v) is 17.3. The van der Waals surface area contributed by atoms with Gasteiger partial charge in [-0.2, -0.15) is 5.10 Å². The number of benzene rings is 2. The summed E-state index contributed by atoms with van der Waals surface area (Å²) >= 11 is 6.13. The van der Waals surface area contributed by atoms with Crippen LogP contribution in [0.25, 0.3) is 0 Å². The second-order valence-corrected chi connectivity index (χ2v) is 7.06. The average molecular weight is 428 g/mol. The first-order chi connectivity index (χ1) is 14.2. The van der Waals surface area contributed by atoms with E-state index < -0.39 is 10.7 Å². The molecule has 0 aliphatic carbocycles. The van der Waals surface area contributed by atoms with Crippen LogP contribution in [-0.4, -0.2) is 32.9 Å². The smallest absolute Gasteiger partial charge is 0.284 e. The molecule has 0 radical (unpaired) electrons. The molecule has 9 heteroatoms. The fourth-order valence-electron chi connectivity index (χ4n) is 3.10. The zero-order valence-electron chi connectivity index (χ0n) is 16.5. The van der Waals surface area contributed by atoms with Gasteiger partial charge in [0.1, 0.15) is 11.1 Å². The van der Waals surface area contributed by atoms with Gasteiger partial charge in [0.05, 0.1) is 16.1 Å². The summed E-state index contributed by atoms with van der Waals surface area (Å²) in [5.41, 5.74) is 0.733. The molecule has 2 aromatic carbocycles. The molecule has 0 N–H and O–H groups in total. The first-order valence-electron chi connectivity index (χ1n) is 8.94. The maximum absolute atomic E-state index is 13.2. The fourth-order valence-corrected chi connectivity index (χ4v) is 3.24. The van der Waals surface area contributed by atoms with Gasteiger partial charge in [-0.05, 0) is 25.5 Å². The Labute approximate surface area is 177 Å². The third kappa shape index (κ3) is 3.95. The van der Waals surface area contributed by atoms with Gasteiger partial charge >= 0.3 is 0 Å². The summed E-state index contributed by atoms with van der Waals surface area (Å²) in [5.74, 6) is -0.872. The number of aromatic nitrogens is 2. The van der Waals surface area contributed by atoms with Crippen molar-refractivity contribution >= 4 is 28.9 Å². The highest BCUT2D eigenvalue weighted by molar-refractivity contribution is 6.32. The van der Waals surface area contributed by atoms with Crippen molar-refractivity contribution in [3.63, 3.8) is 0 Å². The topological polar surface area (TPSA) is 104 Å². The Hall–Kier alpha value is -3.52. The number of aryl methyl sites for hydroxylation is 2. The summed E-state index contributed by atoms with van der Waals surface area (Å²) in [5, 5.41) is 15.8. The number of ether oxygens (including phenoxy) is 1. The number of Topliss-reactive ketones (excluding diaryl/α,β-unsaturated/α-hetero) is 1. The van der Waals surface area contributed by atoms with Gasteiger partial charge in [-0.15, -0.1) is 0 Å². The molecular formula is C21H18ClN3O5. The van der Waals surface area contributed by atoms with Crippen molar-refractivity contribution in [1.82, 2.24) is 9.78 Å². The van der Waals surface area contributed by atoms with E-state index in [-0.39, 0.29) is 45.7 Å². The summed E-state index contributed by atoms with van der Waals surface area (Å²) in [7, 11) is 1.55. The molecule has 0 bridgehead atoms. The quantitative estimate of drug-likeness (QED) is 0.319. The predicted octanol–water partition coefficient (Wildman–Crippen LogP) is 4.09. The van der Waals surface area contributed by atoms with E-state index in [4.69, 9.17) is 16.3 Å². The molecule has 0 spiro atoms. The van der Waals surface area contributed by atoms with Crippen LogP contribution in [0.1, 0.15) is 37.4 Å². The number of carbonyl (C=O) groups is 2. The molecule has 3 rings (SSSR count). The molecule has 30 heavy (non-hydrogen) atoms. The van der Waals surface area contributed by atoms with E-state index in [0.717, 1.165) is 0 Å². The lowest BCUT2D eigenvalue weighted by Gasteiger charge is -2.11. The Morgan fingerprint density at radius 1 is 1.20 bits per heavy atom. The molecule has 0 saturated heterocycles. The minimum atomic E-state index is -0.639. The molecule has 0 saturated carbocycles. The van der Waals surface area contributed by atoms with E-state index in [2.05, 4.69) is 5.10 Å². The molecule has 154 valence electrons. The van der Waals surface area contributed by atoms with Crippen LogP contribution in [-0.2, 0) is 7.05 Å². The molecule has 8 nitrogen and oxygen atoms in total. The largest absolute Gasteiger partial charge is 0.469 e. The Morgan fingerprint density at radius 2 is 1.87 bits per heavy atom. The summed E-state index contributed by atoms with van der Waals surface area (Å²) in [6.45, 7) is 2.84. The number of carbonyl (C=O) groups excluding carboxylic acids is 2. The van der Waals surface area contributed by atoms with Gasteiger partial charge in [0.15, 0.2) is 12.4 Å². The third-order valence-electron chi connectivity index (χ3n) is 4.64. The molecule has 1 heterocycles. The van der Waals surface area contributed by atoms with E-state index in [1.165, 1.54) is 23.9 Å². The summed E-state index contributed by atoms with van der Waals surface area (Å²) < 4.78 is 6.88. The molecule has 0 fully saturated rings. The highest BCUT2D eigenvalue weighted by Crippen LogP contribution is 2.35. The van der Waals surface area contributed by atoms with Crippen molar-refractivity contribution in [1.29, 1.82) is 0 Å². The van der Waals surface area contributed by atoms with Gasteiger partial charge in [-0.3, -0.25) is 19.7 Å². The summed E-state index contributed by atoms with van der Waals surface area (Å²) in [4.78, 5) is 36.5. The van der Waals surface area contributed by atoms with Gasteiger partial charge in [-0.25, -0.2) is 4.68 Å². The van der Waals surface area contributed by atoms with Crippen molar-refractivity contribution in [3.8, 4) is 5.88 Å². The minimum Gasteiger partial charge on any atom is -0.469 e. The molecule has 0 atom stereocenters.